The molecule has 5 rings (SSSR count). The van der Waals surface area contributed by atoms with Gasteiger partial charge in [-0.15, -0.1) is 0 Å². The Balaban J connectivity index is 1.41. The van der Waals surface area contributed by atoms with Gasteiger partial charge in [-0.05, 0) is 40.7 Å². The van der Waals surface area contributed by atoms with Crippen LogP contribution in [0.2, 0.25) is 32.2 Å². The molecule has 0 amide bonds. The molecule has 0 saturated carbocycles. The van der Waals surface area contributed by atoms with E-state index in [1.54, 1.807) is 0 Å². The van der Waals surface area contributed by atoms with E-state index < -0.39 is 80.6 Å². The molecule has 328 valence electrons. The van der Waals surface area contributed by atoms with Crippen molar-refractivity contribution in [3.8, 4) is 5.75 Å². The van der Waals surface area contributed by atoms with Crippen LogP contribution in [0.15, 0.2) is 58.3 Å². The molecule has 60 heavy (non-hydrogen) atoms. The topological polar surface area (TPSA) is 228 Å². The van der Waals surface area contributed by atoms with Gasteiger partial charge in [0.2, 0.25) is 22.9 Å². The molecule has 2 aromatic carbocycles. The summed E-state index contributed by atoms with van der Waals surface area (Å²) >= 11 is 12.8. The van der Waals surface area contributed by atoms with Gasteiger partial charge in [0, 0.05) is 36.9 Å². The average molecular weight is 913 g/mol. The summed E-state index contributed by atoms with van der Waals surface area (Å²) in [6.45, 7) is 17.0. The van der Waals surface area contributed by atoms with Crippen LogP contribution in [0.4, 0.5) is 10.5 Å². The molecule has 3 heterocycles. The summed E-state index contributed by atoms with van der Waals surface area (Å²) in [6.07, 6.45) is -5.37. The molecule has 21 heteroatoms. The van der Waals surface area contributed by atoms with Crippen molar-refractivity contribution >= 4 is 57.6 Å². The Hall–Kier alpha value is -3.93. The Kier molecular flexibility index (Phi) is 14.3. The van der Waals surface area contributed by atoms with Crippen molar-refractivity contribution in [3.63, 3.8) is 0 Å². The number of carbonyl (C=O) groups excluding carboxylic acids is 2. The Morgan fingerprint density at radius 3 is 2.13 bits per heavy atom. The lowest BCUT2D eigenvalue weighted by molar-refractivity contribution is -0.384. The highest BCUT2D eigenvalue weighted by atomic mass is 35.5. The third-order valence-electron chi connectivity index (χ3n) is 11.6. The first-order valence-corrected chi connectivity index (χ1v) is 24.5. The van der Waals surface area contributed by atoms with Crippen LogP contribution in [0.25, 0.3) is 0 Å². The summed E-state index contributed by atoms with van der Waals surface area (Å²) in [5, 5.41) is 34.2. The summed E-state index contributed by atoms with van der Waals surface area (Å²) in [6, 6.07) is 9.08. The lowest BCUT2D eigenvalue weighted by atomic mass is 10.1. The van der Waals surface area contributed by atoms with Crippen LogP contribution in [0, 0.1) is 10.1 Å². The fourth-order valence-corrected chi connectivity index (χ4v) is 24.8. The third-order valence-corrected chi connectivity index (χ3v) is 25.0. The summed E-state index contributed by atoms with van der Waals surface area (Å²) in [7, 11) is -6.85. The lowest BCUT2D eigenvalue weighted by Crippen LogP contribution is -2.85. The number of aliphatic hydroxyl groups is 2. The maximum atomic E-state index is 13.7. The maximum Gasteiger partial charge on any atom is 0.513 e. The number of halogens is 2. The molecule has 2 unspecified atom stereocenters. The van der Waals surface area contributed by atoms with Gasteiger partial charge in [-0.2, -0.15) is 0 Å². The van der Waals surface area contributed by atoms with Gasteiger partial charge in [0.1, 0.15) is 23.2 Å². The number of non-ortho nitro benzene ring substituents is 1. The molecular formula is C39H51Cl2N3O14Si2. The minimum absolute atomic E-state index is 0.0777. The van der Waals surface area contributed by atoms with E-state index in [0.29, 0.717) is 5.56 Å². The van der Waals surface area contributed by atoms with E-state index in [-0.39, 0.29) is 62.2 Å². The van der Waals surface area contributed by atoms with E-state index in [0.717, 1.165) is 22.8 Å². The van der Waals surface area contributed by atoms with Crippen LogP contribution in [-0.4, -0.2) is 89.5 Å². The highest BCUT2D eigenvalue weighted by molar-refractivity contribution is 6.93. The number of fused-ring (bicyclic) bond motifs is 1. The number of nitrogens with zero attached hydrogens (tertiary/aromatic N) is 2. The molecule has 3 aromatic rings. The molecular weight excluding hydrogens is 862 g/mol. The number of aliphatic hydroxyl groups excluding tert-OH is 1. The van der Waals surface area contributed by atoms with Crippen LogP contribution in [-0.2, 0) is 29.5 Å². The van der Waals surface area contributed by atoms with Gasteiger partial charge in [0.05, 0.1) is 27.1 Å². The van der Waals surface area contributed by atoms with Crippen LogP contribution < -0.4 is 16.0 Å². The number of aromatic nitrogens is 2. The molecule has 2 aliphatic heterocycles. The standard InChI is InChI=1S/C39H51Cl2N3O14Si2/c1-20(2)59(21(3)4)36(47)33-39(50,60(58-59,22(5)6)23(7)8)32(34(57-33)43-16-14-31(45)42-37(43)48)54-24(9)55-35(46)27-18-29(41)30(19-28(27)40)56-38(49)53-17-15-25-10-12-26(13-11-25)44(51)52/h10-14,16,18-24,32-34,36,47,50H,15,17H2,1-9H3,(H,42,45,48)/t24?,32-,33+,34+,36?,39+/m0/s1. The van der Waals surface area contributed by atoms with Gasteiger partial charge in [-0.25, -0.2) is 14.4 Å². The van der Waals surface area contributed by atoms with Crippen molar-refractivity contribution in [3.05, 3.63) is 101 Å². The number of ether oxygens (including phenoxy) is 5. The summed E-state index contributed by atoms with van der Waals surface area (Å²) < 4.78 is 37.5. The van der Waals surface area contributed by atoms with Crippen molar-refractivity contribution in [2.24, 2.45) is 0 Å². The highest BCUT2D eigenvalue weighted by Crippen LogP contribution is 2.61. The van der Waals surface area contributed by atoms with Gasteiger partial charge < -0.3 is 38.0 Å². The fraction of sp³-hybridized carbons (Fsp3) is 0.538. The molecule has 2 aliphatic rings. The SMILES string of the molecule is CC(OC(=O)c1cc(Cl)c(OC(=O)OCCc2ccc([N+](=O)[O-])cc2)cc1Cl)O[C@H]1[C@H](n2ccc(=O)[nH]c2=O)O[C@@H]2C(O)[Si](C(C)C)(C(C)C)O[Si](C(C)C)(C(C)C)[C@@]21O. The van der Waals surface area contributed by atoms with Crippen LogP contribution >= 0.6 is 23.2 Å². The first-order valence-electron chi connectivity index (χ1n) is 19.5. The minimum Gasteiger partial charge on any atom is -0.451 e. The first kappa shape index (κ1) is 47.1. The number of nitro groups is 1. The number of hydrogen-bond acceptors (Lipinski definition) is 14. The third kappa shape index (κ3) is 8.47. The second kappa shape index (κ2) is 18.2. The minimum atomic E-state index is -3.63. The first-order chi connectivity index (χ1) is 28.0. The Labute approximate surface area is 358 Å². The van der Waals surface area contributed by atoms with E-state index >= 15 is 0 Å². The molecule has 17 nitrogen and oxygen atoms in total. The molecule has 0 radical (unpaired) electrons. The smallest absolute Gasteiger partial charge is 0.451 e. The van der Waals surface area contributed by atoms with Crippen LogP contribution in [0.3, 0.4) is 0 Å². The van der Waals surface area contributed by atoms with Gasteiger partial charge in [-0.1, -0.05) is 90.7 Å². The van der Waals surface area contributed by atoms with Gasteiger partial charge >= 0.3 is 17.8 Å². The van der Waals surface area contributed by atoms with E-state index in [4.69, 9.17) is 51.0 Å². The number of esters is 1. The number of rotatable bonds is 14. The number of H-pyrrole nitrogens is 1. The van der Waals surface area contributed by atoms with E-state index in [1.165, 1.54) is 37.4 Å². The predicted molar refractivity (Wildman–Crippen MR) is 224 cm³/mol. The number of hydrogen-bond donors (Lipinski definition) is 3. The van der Waals surface area contributed by atoms with Crippen molar-refractivity contribution < 1.29 is 52.5 Å². The van der Waals surface area contributed by atoms with Crippen LogP contribution in [0.5, 0.6) is 5.75 Å². The highest BCUT2D eigenvalue weighted by Gasteiger charge is 2.80. The molecule has 0 aliphatic carbocycles. The molecule has 2 fully saturated rings. The number of carbonyl (C=O) groups is 2. The van der Waals surface area contributed by atoms with Crippen molar-refractivity contribution in [1.82, 2.24) is 9.55 Å². The van der Waals surface area contributed by atoms with Gasteiger partial charge in [0.25, 0.3) is 11.2 Å². The second-order valence-electron chi connectivity index (χ2n) is 16.3. The number of benzene rings is 2. The number of aromatic amines is 1. The number of nitro benzene ring substituents is 1. The molecule has 1 aromatic heterocycles. The second-order valence-corrected chi connectivity index (χ2v) is 27.2. The van der Waals surface area contributed by atoms with E-state index in [1.807, 2.05) is 55.4 Å². The average Bonchev–Trinajstić information content (AvgIpc) is 3.44. The van der Waals surface area contributed by atoms with Crippen molar-refractivity contribution in [1.29, 1.82) is 0 Å². The Morgan fingerprint density at radius 2 is 1.58 bits per heavy atom. The van der Waals surface area contributed by atoms with Crippen molar-refractivity contribution in [2.75, 3.05) is 6.61 Å². The molecule has 0 bridgehead atoms. The fourth-order valence-electron chi connectivity index (χ4n) is 8.93. The van der Waals surface area contributed by atoms with Gasteiger partial charge in [-0.3, -0.25) is 24.5 Å². The summed E-state index contributed by atoms with van der Waals surface area (Å²) in [5.41, 5.74) is -3.26. The Morgan fingerprint density at radius 1 is 0.967 bits per heavy atom. The quantitative estimate of drug-likeness (QED) is 0.0381. The number of nitrogens with one attached hydrogen (secondary N) is 1. The normalized spacial score (nSPS) is 23.8. The van der Waals surface area contributed by atoms with Crippen LogP contribution in [0.1, 0.15) is 84.5 Å². The lowest BCUT2D eigenvalue weighted by Gasteiger charge is -2.63. The summed E-state index contributed by atoms with van der Waals surface area (Å²) in [5.74, 6) is -1.25. The molecule has 2 saturated heterocycles. The monoisotopic (exact) mass is 911 g/mol. The van der Waals surface area contributed by atoms with E-state index in [9.17, 15) is 39.5 Å². The van der Waals surface area contributed by atoms with Gasteiger partial charge in [0.15, 0.2) is 12.0 Å². The Bertz CT molecular complexity index is 2180. The van der Waals surface area contributed by atoms with E-state index in [2.05, 4.69) is 4.98 Å². The predicted octanol–water partition coefficient (Wildman–Crippen LogP) is 6.73. The molecule has 6 atom stereocenters. The largest absolute Gasteiger partial charge is 0.513 e. The summed E-state index contributed by atoms with van der Waals surface area (Å²) in [4.78, 5) is 64.1. The zero-order valence-electron chi connectivity index (χ0n) is 34.7. The maximum absolute atomic E-state index is 13.7. The zero-order chi connectivity index (χ0) is 44.6. The zero-order valence-corrected chi connectivity index (χ0v) is 38.2. The van der Waals surface area contributed by atoms with Crippen molar-refractivity contribution in [2.45, 2.75) is 127 Å². The molecule has 3 N–H and O–H groups in total. The molecule has 0 spiro atoms.